The van der Waals surface area contributed by atoms with Crippen LogP contribution in [0.4, 0.5) is 0 Å². The fourth-order valence-corrected chi connectivity index (χ4v) is 18.0. The van der Waals surface area contributed by atoms with E-state index in [2.05, 4.69) is 292 Å². The van der Waals surface area contributed by atoms with Crippen molar-refractivity contribution in [3.8, 4) is 55.6 Å². The highest BCUT2D eigenvalue weighted by atomic mass is 79.9. The van der Waals surface area contributed by atoms with Gasteiger partial charge < -0.3 is 27.0 Å². The fourth-order valence-electron chi connectivity index (χ4n) is 17.6. The van der Waals surface area contributed by atoms with Crippen LogP contribution in [0.2, 0.25) is 0 Å². The Morgan fingerprint density at radius 3 is 1.03 bits per heavy atom. The maximum Gasteiger partial charge on any atom is 0.494 e. The average Bonchev–Trinajstić information content (AvgIpc) is 1.51. The molecule has 18 aromatic rings. The minimum Gasteiger partial charge on any atom is -0.456 e. The van der Waals surface area contributed by atoms with Crippen molar-refractivity contribution in [3.63, 3.8) is 0 Å². The van der Waals surface area contributed by atoms with Crippen LogP contribution < -0.4 is 5.46 Å². The number of furan rings is 4. The van der Waals surface area contributed by atoms with E-state index in [9.17, 15) is 0 Å². The molecule has 0 bridgehead atoms. The second-order valence-electron chi connectivity index (χ2n) is 28.4. The van der Waals surface area contributed by atoms with E-state index in [1.807, 2.05) is 42.5 Å². The van der Waals surface area contributed by atoms with Gasteiger partial charge in [0.15, 0.2) is 0 Å². The van der Waals surface area contributed by atoms with E-state index < -0.39 is 18.3 Å². The number of hydrogen-bond acceptors (Lipinski definition) is 6. The van der Waals surface area contributed by atoms with Gasteiger partial charge in [0.25, 0.3) is 0 Å². The summed E-state index contributed by atoms with van der Waals surface area (Å²) in [5.41, 5.74) is 30.0. The molecule has 101 heavy (non-hydrogen) atoms. The SMILES string of the molecule is Brc1ccc2oc3ccccc3c2c1.C.CC1(C)OB(c2ccc3c(c2)oc2cc4c(cc23)-c2ccccc2C42c3ccccc3-c3ccccc32)OC1(C)C.c1ccc2c(c1)-c1ccccc1C21c2ccccc2-c2cc3c(cc21)oc1cc(-c2ccc4oc5ccccc5c4c2)ccc13. The van der Waals surface area contributed by atoms with Gasteiger partial charge in [0.1, 0.15) is 44.7 Å². The summed E-state index contributed by atoms with van der Waals surface area (Å²) >= 11 is 3.46. The lowest BCUT2D eigenvalue weighted by atomic mass is 9.70. The maximum absolute atomic E-state index is 6.74. The monoisotopic (exact) mass is 1370 g/mol. The molecule has 0 amide bonds. The molecule has 0 N–H and O–H groups in total. The third-order valence-electron chi connectivity index (χ3n) is 22.8. The van der Waals surface area contributed by atoms with Gasteiger partial charge in [0.2, 0.25) is 0 Å². The first-order valence-electron chi connectivity index (χ1n) is 34.4. The van der Waals surface area contributed by atoms with Crippen molar-refractivity contribution in [1.82, 2.24) is 0 Å². The predicted octanol–water partition coefficient (Wildman–Crippen LogP) is 24.7. The first-order chi connectivity index (χ1) is 48.9. The Morgan fingerprint density at radius 1 is 0.248 bits per heavy atom. The lowest BCUT2D eigenvalue weighted by Crippen LogP contribution is -2.41. The summed E-state index contributed by atoms with van der Waals surface area (Å²) in [6.07, 6.45) is 0. The molecule has 4 aliphatic carbocycles. The zero-order valence-electron chi connectivity index (χ0n) is 55.1. The van der Waals surface area contributed by atoms with Gasteiger partial charge in [-0.2, -0.15) is 0 Å². The van der Waals surface area contributed by atoms with Gasteiger partial charge in [0.05, 0.1) is 22.0 Å². The highest BCUT2D eigenvalue weighted by Crippen LogP contribution is 2.65. The Hall–Kier alpha value is -11.3. The molecule has 6 nitrogen and oxygen atoms in total. The number of para-hydroxylation sites is 2. The highest BCUT2D eigenvalue weighted by Gasteiger charge is 2.55. The van der Waals surface area contributed by atoms with Crippen LogP contribution in [0, 0.1) is 0 Å². The summed E-state index contributed by atoms with van der Waals surface area (Å²) in [4.78, 5) is 0. The van der Waals surface area contributed by atoms with Crippen molar-refractivity contribution in [2.24, 2.45) is 0 Å². The minimum atomic E-state index is -0.427. The Labute approximate surface area is 592 Å². The van der Waals surface area contributed by atoms with Crippen LogP contribution in [0.1, 0.15) is 79.6 Å². The third-order valence-corrected chi connectivity index (χ3v) is 23.3. The van der Waals surface area contributed by atoms with Gasteiger partial charge in [0, 0.05) is 47.6 Å². The van der Waals surface area contributed by atoms with Gasteiger partial charge in [-0.1, -0.05) is 230 Å². The van der Waals surface area contributed by atoms with Crippen LogP contribution in [-0.4, -0.2) is 18.3 Å². The van der Waals surface area contributed by atoms with Crippen molar-refractivity contribution in [2.45, 2.75) is 57.2 Å². The first-order valence-corrected chi connectivity index (χ1v) is 35.2. The molecule has 8 heteroatoms. The van der Waals surface area contributed by atoms with E-state index in [-0.39, 0.29) is 18.3 Å². The van der Waals surface area contributed by atoms with E-state index in [0.29, 0.717) is 0 Å². The Balaban J connectivity index is 0.000000113. The normalized spacial score (nSPS) is 15.3. The fraction of sp³-hybridized carbons (Fsp3) is 0.0968. The van der Waals surface area contributed by atoms with Crippen molar-refractivity contribution < 1.29 is 27.0 Å². The van der Waals surface area contributed by atoms with E-state index in [4.69, 9.17) is 27.0 Å². The summed E-state index contributed by atoms with van der Waals surface area (Å²) < 4.78 is 38.9. The quantitative estimate of drug-likeness (QED) is 0.161. The highest BCUT2D eigenvalue weighted by molar-refractivity contribution is 9.10. The molecule has 14 aromatic carbocycles. The van der Waals surface area contributed by atoms with E-state index >= 15 is 0 Å². The zero-order chi connectivity index (χ0) is 66.5. The van der Waals surface area contributed by atoms with Gasteiger partial charge in [-0.3, -0.25) is 0 Å². The summed E-state index contributed by atoms with van der Waals surface area (Å²) in [6, 6.07) is 105. The number of rotatable bonds is 2. The lowest BCUT2D eigenvalue weighted by molar-refractivity contribution is 0.00578. The Bertz CT molecular complexity index is 6440. The summed E-state index contributed by atoms with van der Waals surface area (Å²) in [6.45, 7) is 8.34. The van der Waals surface area contributed by atoms with E-state index in [1.54, 1.807) is 0 Å². The average molecular weight is 1370 g/mol. The van der Waals surface area contributed by atoms with E-state index in [1.165, 1.54) is 94.4 Å². The van der Waals surface area contributed by atoms with Crippen LogP contribution in [0.5, 0.6) is 0 Å². The molecular formula is C93H64BBrO6. The second kappa shape index (κ2) is 21.6. The number of fused-ring (bicyclic) bond motifs is 32. The standard InChI is InChI=1S/C43H24O2.C37H29BO3.C12H7BrO.CH4/c1-5-13-35-27(9-1)28-10-2-6-14-36(28)43(35)37-15-7-3-11-29(37)32-23-34-31-19-17-26(22-41(31)45-42(34)24-38(32)43)25-18-20-40-33(21-25)30-12-4-8-16-39(30)44-40;1-35(2)36(3,4)41-38(40-35)22-17-18-26-28-20-27-25-13-7-10-16-31(25)37(32(27)21-34(28)39-33(26)19-22)29-14-8-5-11-23(29)24-12-6-9-15-30(24)37;13-8-5-6-12-10(7-8)9-3-1-2-4-11(9)14-12;/h1-24H;5-21H,1-4H3;1-7H;1H4. The van der Waals surface area contributed by atoms with Gasteiger partial charge in [-0.15, -0.1) is 0 Å². The van der Waals surface area contributed by atoms with E-state index in [0.717, 1.165) is 103 Å². The van der Waals surface area contributed by atoms with Gasteiger partial charge >= 0.3 is 7.12 Å². The van der Waals surface area contributed by atoms with Crippen LogP contribution >= 0.6 is 15.9 Å². The van der Waals surface area contributed by atoms with Gasteiger partial charge in [-0.25, -0.2) is 0 Å². The summed E-state index contributed by atoms with van der Waals surface area (Å²) in [7, 11) is -0.427. The molecule has 4 aromatic heterocycles. The van der Waals surface area contributed by atoms with Crippen LogP contribution in [0.15, 0.2) is 313 Å². The van der Waals surface area contributed by atoms with Crippen molar-refractivity contribution in [2.75, 3.05) is 0 Å². The second-order valence-corrected chi connectivity index (χ2v) is 29.3. The lowest BCUT2D eigenvalue weighted by Gasteiger charge is -2.32. The number of benzene rings is 14. The molecular weight excluding hydrogens is 1300 g/mol. The number of hydrogen-bond donors (Lipinski definition) is 0. The molecule has 23 rings (SSSR count). The predicted molar refractivity (Wildman–Crippen MR) is 417 cm³/mol. The molecule has 0 unspecified atom stereocenters. The van der Waals surface area contributed by atoms with Crippen LogP contribution in [0.25, 0.3) is 143 Å². The summed E-state index contributed by atoms with van der Waals surface area (Å²) in [5.74, 6) is 0. The maximum atomic E-state index is 6.74. The molecule has 1 aliphatic heterocycles. The molecule has 0 atom stereocenters. The molecule has 0 radical (unpaired) electrons. The molecule has 2 spiro atoms. The molecule has 482 valence electrons. The minimum absolute atomic E-state index is 0. The third kappa shape index (κ3) is 8.29. The Kier molecular flexibility index (Phi) is 12.8. The smallest absolute Gasteiger partial charge is 0.456 e. The Morgan fingerprint density at radius 2 is 0.564 bits per heavy atom. The largest absolute Gasteiger partial charge is 0.494 e. The first kappa shape index (κ1) is 59.8. The molecule has 5 aliphatic rings. The zero-order valence-corrected chi connectivity index (χ0v) is 56.7. The molecule has 0 saturated carbocycles. The van der Waals surface area contributed by atoms with Crippen molar-refractivity contribution >= 4 is 116 Å². The summed E-state index contributed by atoms with van der Waals surface area (Å²) in [5, 5.41) is 9.12. The van der Waals surface area contributed by atoms with Crippen LogP contribution in [0.3, 0.4) is 0 Å². The van der Waals surface area contributed by atoms with Crippen molar-refractivity contribution in [1.29, 1.82) is 0 Å². The van der Waals surface area contributed by atoms with Crippen molar-refractivity contribution in [3.05, 3.63) is 340 Å². The van der Waals surface area contributed by atoms with Crippen LogP contribution in [-0.2, 0) is 20.1 Å². The number of halogens is 1. The topological polar surface area (TPSA) is 71.0 Å². The molecule has 1 fully saturated rings. The molecule has 5 heterocycles. The van der Waals surface area contributed by atoms with Gasteiger partial charge in [-0.05, 0) is 218 Å². The molecule has 1 saturated heterocycles.